The first-order valence-electron chi connectivity index (χ1n) is 8.99. The summed E-state index contributed by atoms with van der Waals surface area (Å²) in [7, 11) is -4.02. The highest BCUT2D eigenvalue weighted by atomic mass is 35.5. The number of sulfonamides is 1. The van der Waals surface area contributed by atoms with Gasteiger partial charge in [-0.05, 0) is 48.9 Å². The Morgan fingerprint density at radius 3 is 2.37 bits per heavy atom. The number of benzene rings is 3. The number of carbonyl (C=O) groups excluding carboxylic acids is 1. The van der Waals surface area contributed by atoms with Crippen molar-refractivity contribution >= 4 is 44.8 Å². The first kappa shape index (κ1) is 20.7. The molecule has 0 fully saturated rings. The third kappa shape index (κ3) is 3.89. The zero-order chi connectivity index (χ0) is 21.5. The molecule has 30 heavy (non-hydrogen) atoms. The second-order valence-electron chi connectivity index (χ2n) is 6.85. The van der Waals surface area contributed by atoms with Gasteiger partial charge in [0.05, 0.1) is 20.5 Å². The van der Waals surface area contributed by atoms with Gasteiger partial charge < -0.3 is 5.32 Å². The van der Waals surface area contributed by atoms with Crippen molar-refractivity contribution in [2.24, 2.45) is 0 Å². The summed E-state index contributed by atoms with van der Waals surface area (Å²) in [6.07, 6.45) is -0.831. The van der Waals surface area contributed by atoms with E-state index in [1.807, 2.05) is 6.92 Å². The zero-order valence-corrected chi connectivity index (χ0v) is 18.1. The van der Waals surface area contributed by atoms with Crippen LogP contribution in [0.4, 0.5) is 5.69 Å². The summed E-state index contributed by atoms with van der Waals surface area (Å²) in [5.41, 5.74) is 2.43. The van der Waals surface area contributed by atoms with Crippen LogP contribution in [0.25, 0.3) is 0 Å². The van der Waals surface area contributed by atoms with Crippen molar-refractivity contribution in [1.82, 2.24) is 9.84 Å². The van der Waals surface area contributed by atoms with Crippen molar-refractivity contribution in [2.75, 3.05) is 5.32 Å². The SMILES string of the molecule is Cc1ccc(S(=O)(=O)NN2C(=O)c3ccccc3N[C@H]2c2ccc(Cl)c(Cl)c2)cc1. The molecule has 0 aliphatic carbocycles. The van der Waals surface area contributed by atoms with Gasteiger partial charge in [-0.3, -0.25) is 4.79 Å². The Morgan fingerprint density at radius 2 is 1.67 bits per heavy atom. The van der Waals surface area contributed by atoms with Gasteiger partial charge in [-0.25, -0.2) is 13.4 Å². The highest BCUT2D eigenvalue weighted by Gasteiger charge is 2.36. The largest absolute Gasteiger partial charge is 0.360 e. The standard InChI is InChI=1S/C21H17Cl2N3O3S/c1-13-6-9-15(10-7-13)30(28,29)25-26-20(14-8-11-17(22)18(23)12-14)24-19-5-3-2-4-16(19)21(26)27/h2-12,20,24-25H,1H3/t20-/m1/s1. The van der Waals surface area contributed by atoms with E-state index in [-0.39, 0.29) is 4.90 Å². The summed E-state index contributed by atoms with van der Waals surface area (Å²) in [5.74, 6) is -0.490. The number of nitrogens with zero attached hydrogens (tertiary/aromatic N) is 1. The van der Waals surface area contributed by atoms with Gasteiger partial charge in [0.2, 0.25) is 0 Å². The van der Waals surface area contributed by atoms with Crippen molar-refractivity contribution in [1.29, 1.82) is 0 Å². The van der Waals surface area contributed by atoms with Crippen LogP contribution in [0.3, 0.4) is 0 Å². The zero-order valence-electron chi connectivity index (χ0n) is 15.8. The molecule has 1 amide bonds. The van der Waals surface area contributed by atoms with Crippen molar-refractivity contribution < 1.29 is 13.2 Å². The second-order valence-corrected chi connectivity index (χ2v) is 9.32. The maximum atomic E-state index is 13.2. The molecule has 9 heteroatoms. The van der Waals surface area contributed by atoms with Crippen LogP contribution >= 0.6 is 23.2 Å². The lowest BCUT2D eigenvalue weighted by Gasteiger charge is -2.37. The van der Waals surface area contributed by atoms with Gasteiger partial charge in [0.25, 0.3) is 15.9 Å². The molecule has 0 saturated heterocycles. The molecule has 1 atom stereocenters. The van der Waals surface area contributed by atoms with Crippen LogP contribution in [0.5, 0.6) is 0 Å². The normalized spacial score (nSPS) is 16.2. The molecule has 3 aromatic rings. The Hall–Kier alpha value is -2.58. The lowest BCUT2D eigenvalue weighted by atomic mass is 10.1. The van der Waals surface area contributed by atoms with Crippen molar-refractivity contribution in [3.8, 4) is 0 Å². The van der Waals surface area contributed by atoms with Gasteiger partial charge in [-0.1, -0.05) is 59.1 Å². The van der Waals surface area contributed by atoms with Crippen LogP contribution in [0, 0.1) is 6.92 Å². The minimum absolute atomic E-state index is 0.0487. The molecule has 0 radical (unpaired) electrons. The first-order chi connectivity index (χ1) is 14.3. The predicted molar refractivity (Wildman–Crippen MR) is 117 cm³/mol. The van der Waals surface area contributed by atoms with Gasteiger partial charge in [0.1, 0.15) is 6.17 Å². The highest BCUT2D eigenvalue weighted by Crippen LogP contribution is 2.34. The van der Waals surface area contributed by atoms with E-state index in [2.05, 4.69) is 10.1 Å². The lowest BCUT2D eigenvalue weighted by molar-refractivity contribution is 0.0633. The second kappa shape index (κ2) is 7.92. The van der Waals surface area contributed by atoms with Crippen LogP contribution in [-0.2, 0) is 10.0 Å². The van der Waals surface area contributed by atoms with Crippen LogP contribution in [-0.4, -0.2) is 19.3 Å². The Balaban J connectivity index is 1.78. The summed E-state index contributed by atoms with van der Waals surface area (Å²) in [6.45, 7) is 1.86. The molecule has 0 aromatic heterocycles. The van der Waals surface area contributed by atoms with Gasteiger partial charge in [0, 0.05) is 5.69 Å². The quantitative estimate of drug-likeness (QED) is 0.586. The van der Waals surface area contributed by atoms with Crippen LogP contribution in [0.1, 0.15) is 27.7 Å². The maximum absolute atomic E-state index is 13.2. The molecule has 0 unspecified atom stereocenters. The molecule has 0 spiro atoms. The smallest absolute Gasteiger partial charge is 0.273 e. The molecular weight excluding hydrogens is 445 g/mol. The Morgan fingerprint density at radius 1 is 0.967 bits per heavy atom. The molecule has 1 aliphatic heterocycles. The molecule has 0 bridgehead atoms. The number of amides is 1. The van der Waals surface area contributed by atoms with E-state index < -0.39 is 22.1 Å². The third-order valence-electron chi connectivity index (χ3n) is 4.74. The van der Waals surface area contributed by atoms with E-state index in [9.17, 15) is 13.2 Å². The monoisotopic (exact) mass is 461 g/mol. The molecule has 0 saturated carbocycles. The summed E-state index contributed by atoms with van der Waals surface area (Å²) in [6, 6.07) is 18.1. The topological polar surface area (TPSA) is 78.5 Å². The van der Waals surface area contributed by atoms with Gasteiger partial charge in [-0.2, -0.15) is 0 Å². The molecule has 1 aliphatic rings. The number of aryl methyl sites for hydroxylation is 1. The molecule has 4 rings (SSSR count). The number of hydrogen-bond acceptors (Lipinski definition) is 4. The van der Waals surface area contributed by atoms with Gasteiger partial charge in [0.15, 0.2) is 0 Å². The van der Waals surface area contributed by atoms with Crippen LogP contribution in [0.2, 0.25) is 10.0 Å². The van der Waals surface area contributed by atoms with Crippen molar-refractivity contribution in [3.63, 3.8) is 0 Å². The van der Waals surface area contributed by atoms with Gasteiger partial charge in [-0.15, -0.1) is 4.83 Å². The summed E-state index contributed by atoms with van der Waals surface area (Å²) in [4.78, 5) is 15.7. The molecule has 154 valence electrons. The Bertz CT molecular complexity index is 1230. The maximum Gasteiger partial charge on any atom is 0.273 e. The van der Waals surface area contributed by atoms with Crippen molar-refractivity contribution in [3.05, 3.63) is 93.5 Å². The summed E-state index contributed by atoms with van der Waals surface area (Å²) >= 11 is 12.2. The van der Waals surface area contributed by atoms with E-state index >= 15 is 0 Å². The minimum Gasteiger partial charge on any atom is -0.360 e. The van der Waals surface area contributed by atoms with E-state index in [1.54, 1.807) is 54.6 Å². The average Bonchev–Trinajstić information content (AvgIpc) is 2.72. The van der Waals surface area contributed by atoms with Crippen LogP contribution in [0.15, 0.2) is 71.6 Å². The van der Waals surface area contributed by atoms with E-state index in [1.165, 1.54) is 12.1 Å². The van der Waals surface area contributed by atoms with Gasteiger partial charge >= 0.3 is 0 Å². The van der Waals surface area contributed by atoms with Crippen molar-refractivity contribution in [2.45, 2.75) is 18.0 Å². The summed E-state index contributed by atoms with van der Waals surface area (Å²) in [5, 5.41) is 4.90. The number of nitrogens with one attached hydrogen (secondary N) is 2. The number of rotatable bonds is 4. The molecule has 6 nitrogen and oxygen atoms in total. The number of anilines is 1. The van der Waals surface area contributed by atoms with E-state index in [0.29, 0.717) is 26.9 Å². The predicted octanol–water partition coefficient (Wildman–Crippen LogP) is 4.76. The average molecular weight is 462 g/mol. The molecular formula is C21H17Cl2N3O3S. The van der Waals surface area contributed by atoms with E-state index in [0.717, 1.165) is 10.6 Å². The third-order valence-corrected chi connectivity index (χ3v) is 6.80. The number of hydrazine groups is 1. The fourth-order valence-electron chi connectivity index (χ4n) is 3.16. The number of fused-ring (bicyclic) bond motifs is 1. The molecule has 1 heterocycles. The number of carbonyl (C=O) groups is 1. The molecule has 2 N–H and O–H groups in total. The van der Waals surface area contributed by atoms with Crippen LogP contribution < -0.4 is 10.1 Å². The Kier molecular flexibility index (Phi) is 5.46. The number of halogens is 2. The summed E-state index contributed by atoms with van der Waals surface area (Å²) < 4.78 is 26.0. The fourth-order valence-corrected chi connectivity index (χ4v) is 4.52. The number of hydrogen-bond donors (Lipinski definition) is 2. The lowest BCUT2D eigenvalue weighted by Crippen LogP contribution is -2.52. The Labute approximate surface area is 184 Å². The number of para-hydroxylation sites is 1. The first-order valence-corrected chi connectivity index (χ1v) is 11.2. The highest BCUT2D eigenvalue weighted by molar-refractivity contribution is 7.89. The fraction of sp³-hybridized carbons (Fsp3) is 0.0952. The molecule has 3 aromatic carbocycles. The van der Waals surface area contributed by atoms with E-state index in [4.69, 9.17) is 23.2 Å². The minimum atomic E-state index is -4.02.